The molecular weight excluding hydrogens is 326 g/mol. The van der Waals surface area contributed by atoms with E-state index < -0.39 is 0 Å². The Morgan fingerprint density at radius 3 is 2.44 bits per heavy atom. The van der Waals surface area contributed by atoms with Crippen molar-refractivity contribution in [2.24, 2.45) is 7.05 Å². The highest BCUT2D eigenvalue weighted by atomic mass is 14.9. The molecule has 1 fully saturated rings. The van der Waals surface area contributed by atoms with Gasteiger partial charge in [0.25, 0.3) is 0 Å². The highest BCUT2D eigenvalue weighted by Gasteiger charge is 2.37. The van der Waals surface area contributed by atoms with Gasteiger partial charge in [0.2, 0.25) is 5.69 Å². The normalized spacial score (nSPS) is 21.2. The molecule has 1 aromatic heterocycles. The zero-order chi connectivity index (χ0) is 19.7. The Kier molecular flexibility index (Phi) is 3.48. The standard InChI is InChI=1S/C26H30N/c1-15(2)18-8-9-22-21(12-18)11-17(4)27(5)26(22)23-14-25-20-7-6-19(13-20)24(25)10-16(23)3/h8-12,14-15,19-20H,6-7,13H2,1-5H3/q+1/i11D. The molecule has 0 spiro atoms. The second-order valence-corrected chi connectivity index (χ2v) is 9.08. The van der Waals surface area contributed by atoms with Gasteiger partial charge in [0.1, 0.15) is 7.05 Å². The molecule has 2 atom stereocenters. The Labute approximate surface area is 164 Å². The molecular formula is C26H30N+. The minimum atomic E-state index is 0.471. The average Bonchev–Trinajstić information content (AvgIpc) is 3.28. The molecule has 3 aromatic rings. The zero-order valence-electron chi connectivity index (χ0n) is 18.2. The SMILES string of the molecule is [2H]c1c(C)[n+](C)c(-c2cc3c(cc2C)C2CCC3C2)c2ccc(C(C)C)cc12. The molecule has 5 rings (SSSR count). The number of hydrogen-bond donors (Lipinski definition) is 0. The summed E-state index contributed by atoms with van der Waals surface area (Å²) in [5, 5.41) is 2.28. The van der Waals surface area contributed by atoms with E-state index in [1.165, 1.54) is 47.0 Å². The molecule has 1 nitrogen and oxygen atoms in total. The lowest BCUT2D eigenvalue weighted by Gasteiger charge is -2.18. The summed E-state index contributed by atoms with van der Waals surface area (Å²) in [4.78, 5) is 0. The third-order valence-electron chi connectivity index (χ3n) is 7.12. The van der Waals surface area contributed by atoms with Crippen LogP contribution in [0, 0.1) is 13.8 Å². The second kappa shape index (κ2) is 5.92. The van der Waals surface area contributed by atoms with E-state index in [1.54, 1.807) is 11.1 Å². The molecule has 0 N–H and O–H groups in total. The first kappa shape index (κ1) is 15.9. The van der Waals surface area contributed by atoms with E-state index in [-0.39, 0.29) is 0 Å². The first-order valence-corrected chi connectivity index (χ1v) is 10.4. The van der Waals surface area contributed by atoms with Crippen LogP contribution < -0.4 is 4.57 Å². The summed E-state index contributed by atoms with van der Waals surface area (Å²) in [5.41, 5.74) is 9.53. The van der Waals surface area contributed by atoms with Crippen molar-refractivity contribution in [3.63, 3.8) is 0 Å². The molecule has 2 unspecified atom stereocenters. The molecule has 27 heavy (non-hydrogen) atoms. The Bertz CT molecular complexity index is 1130. The van der Waals surface area contributed by atoms with Crippen LogP contribution in [0.3, 0.4) is 0 Å². The molecule has 1 heterocycles. The van der Waals surface area contributed by atoms with Crippen LogP contribution in [0.2, 0.25) is 0 Å². The quantitative estimate of drug-likeness (QED) is 0.465. The van der Waals surface area contributed by atoms with Gasteiger partial charge in [-0.25, -0.2) is 0 Å². The molecule has 0 saturated heterocycles. The first-order valence-electron chi connectivity index (χ1n) is 10.9. The number of aryl methyl sites for hydroxylation is 1. The Morgan fingerprint density at radius 1 is 1.04 bits per heavy atom. The summed E-state index contributed by atoms with van der Waals surface area (Å²) in [6.07, 6.45) is 4.08. The van der Waals surface area contributed by atoms with Gasteiger partial charge in [-0.05, 0) is 83.7 Å². The van der Waals surface area contributed by atoms with Gasteiger partial charge in [0, 0.05) is 13.0 Å². The Morgan fingerprint density at radius 2 is 1.74 bits per heavy atom. The van der Waals surface area contributed by atoms with Crippen LogP contribution >= 0.6 is 0 Å². The highest BCUT2D eigenvalue weighted by molar-refractivity contribution is 5.94. The van der Waals surface area contributed by atoms with E-state index in [1.807, 2.05) is 0 Å². The van der Waals surface area contributed by atoms with E-state index in [2.05, 4.69) is 69.6 Å². The molecule has 2 aromatic carbocycles. The fraction of sp³-hybridized carbons (Fsp3) is 0.423. The van der Waals surface area contributed by atoms with Crippen molar-refractivity contribution in [2.45, 2.75) is 64.7 Å². The maximum absolute atomic E-state index is 8.75. The average molecular weight is 358 g/mol. The van der Waals surface area contributed by atoms with E-state index in [9.17, 15) is 0 Å². The Hall–Kier alpha value is -2.15. The monoisotopic (exact) mass is 357 g/mol. The van der Waals surface area contributed by atoms with Crippen LogP contribution in [-0.4, -0.2) is 0 Å². The molecule has 2 aliphatic carbocycles. The second-order valence-electron chi connectivity index (χ2n) is 9.08. The van der Waals surface area contributed by atoms with E-state index in [4.69, 9.17) is 1.37 Å². The van der Waals surface area contributed by atoms with Crippen molar-refractivity contribution in [1.29, 1.82) is 0 Å². The van der Waals surface area contributed by atoms with Gasteiger partial charge in [-0.3, -0.25) is 0 Å². The molecule has 1 saturated carbocycles. The largest absolute Gasteiger partial charge is 0.220 e. The number of benzene rings is 2. The fourth-order valence-corrected chi connectivity index (χ4v) is 5.44. The van der Waals surface area contributed by atoms with Crippen molar-refractivity contribution >= 4 is 10.8 Å². The molecule has 0 aliphatic heterocycles. The number of nitrogens with zero attached hydrogens (tertiary/aromatic N) is 1. The predicted octanol–water partition coefficient (Wildman–Crippen LogP) is 6.44. The summed E-state index contributed by atoms with van der Waals surface area (Å²) < 4.78 is 11.0. The summed E-state index contributed by atoms with van der Waals surface area (Å²) >= 11 is 0. The van der Waals surface area contributed by atoms with Gasteiger partial charge in [-0.2, -0.15) is 4.57 Å². The van der Waals surface area contributed by atoms with Gasteiger partial charge in [0.05, 0.1) is 12.3 Å². The van der Waals surface area contributed by atoms with Crippen LogP contribution in [0.5, 0.6) is 0 Å². The van der Waals surface area contributed by atoms with Gasteiger partial charge < -0.3 is 0 Å². The lowest BCUT2D eigenvalue weighted by atomic mass is 9.86. The van der Waals surface area contributed by atoms with Gasteiger partial charge in [-0.1, -0.05) is 32.0 Å². The molecule has 0 amide bonds. The number of aromatic nitrogens is 1. The Balaban J connectivity index is 1.81. The first-order chi connectivity index (χ1) is 13.4. The summed E-state index contributed by atoms with van der Waals surface area (Å²) in [5.74, 6) is 2.03. The number of pyridine rings is 1. The summed E-state index contributed by atoms with van der Waals surface area (Å²) in [7, 11) is 2.12. The van der Waals surface area contributed by atoms with Crippen LogP contribution in [-0.2, 0) is 7.05 Å². The minimum Gasteiger partial charge on any atom is -0.198 e. The minimum absolute atomic E-state index is 0.471. The van der Waals surface area contributed by atoms with Crippen molar-refractivity contribution in [1.82, 2.24) is 0 Å². The summed E-state index contributed by atoms with van der Waals surface area (Å²) in [6, 6.07) is 12.3. The fourth-order valence-electron chi connectivity index (χ4n) is 5.44. The molecule has 2 aliphatic rings. The number of hydrogen-bond acceptors (Lipinski definition) is 0. The van der Waals surface area contributed by atoms with Crippen LogP contribution in [0.1, 0.15) is 80.2 Å². The maximum atomic E-state index is 8.75. The van der Waals surface area contributed by atoms with E-state index >= 15 is 0 Å². The van der Waals surface area contributed by atoms with Crippen molar-refractivity contribution < 1.29 is 5.94 Å². The van der Waals surface area contributed by atoms with Crippen LogP contribution in [0.4, 0.5) is 0 Å². The third kappa shape index (κ3) is 2.47. The molecule has 138 valence electrons. The van der Waals surface area contributed by atoms with Gasteiger partial charge in [-0.15, -0.1) is 0 Å². The van der Waals surface area contributed by atoms with Crippen molar-refractivity contribution in [3.8, 4) is 11.3 Å². The topological polar surface area (TPSA) is 3.88 Å². The maximum Gasteiger partial charge on any atom is 0.220 e. The molecule has 0 radical (unpaired) electrons. The predicted molar refractivity (Wildman–Crippen MR) is 113 cm³/mol. The number of fused-ring (bicyclic) bond motifs is 6. The third-order valence-corrected chi connectivity index (χ3v) is 7.12. The van der Waals surface area contributed by atoms with Crippen molar-refractivity contribution in [3.05, 3.63) is 64.3 Å². The van der Waals surface area contributed by atoms with Crippen molar-refractivity contribution in [2.75, 3.05) is 0 Å². The lowest BCUT2D eigenvalue weighted by molar-refractivity contribution is -0.665. The van der Waals surface area contributed by atoms with E-state index in [0.29, 0.717) is 12.0 Å². The smallest absolute Gasteiger partial charge is 0.198 e. The van der Waals surface area contributed by atoms with Gasteiger partial charge >= 0.3 is 0 Å². The molecule has 2 bridgehead atoms. The van der Waals surface area contributed by atoms with Gasteiger partial charge in [0.15, 0.2) is 5.69 Å². The zero-order valence-corrected chi connectivity index (χ0v) is 17.2. The van der Waals surface area contributed by atoms with Crippen LogP contribution in [0.25, 0.3) is 22.0 Å². The van der Waals surface area contributed by atoms with Crippen LogP contribution in [0.15, 0.2) is 36.4 Å². The highest BCUT2D eigenvalue weighted by Crippen LogP contribution is 2.54. The summed E-state index contributed by atoms with van der Waals surface area (Å²) in [6.45, 7) is 8.79. The number of rotatable bonds is 2. The lowest BCUT2D eigenvalue weighted by Crippen LogP contribution is -2.35. The molecule has 1 heteroatoms. The van der Waals surface area contributed by atoms with E-state index in [0.717, 1.165) is 22.9 Å².